The predicted octanol–water partition coefficient (Wildman–Crippen LogP) is 3.12. The van der Waals surface area contributed by atoms with Gasteiger partial charge in [-0.3, -0.25) is 0 Å². The lowest BCUT2D eigenvalue weighted by atomic mass is 10.2. The molecule has 0 spiro atoms. The highest BCUT2D eigenvalue weighted by Gasteiger charge is 2.14. The van der Waals surface area contributed by atoms with Crippen molar-refractivity contribution >= 4 is 11.5 Å². The molecular weight excluding hydrogens is 238 g/mol. The molecule has 0 unspecified atom stereocenters. The van der Waals surface area contributed by atoms with Crippen LogP contribution in [0, 0.1) is 11.3 Å². The summed E-state index contributed by atoms with van der Waals surface area (Å²) in [4.78, 5) is 6.21. The summed E-state index contributed by atoms with van der Waals surface area (Å²) in [6.07, 6.45) is 1.71. The molecule has 0 aliphatic carbocycles. The number of anilines is 2. The number of ether oxygens (including phenoxy) is 1. The molecule has 2 rings (SSSR count). The summed E-state index contributed by atoms with van der Waals surface area (Å²) in [5.41, 5.74) is 1.42. The van der Waals surface area contributed by atoms with Gasteiger partial charge < -0.3 is 9.64 Å². The van der Waals surface area contributed by atoms with Gasteiger partial charge in [-0.1, -0.05) is 12.1 Å². The maximum atomic E-state index is 9.16. The summed E-state index contributed by atoms with van der Waals surface area (Å²) in [5, 5.41) is 9.16. The molecule has 4 heteroatoms. The summed E-state index contributed by atoms with van der Waals surface area (Å²) in [5.74, 6) is 1.41. The third-order valence-electron chi connectivity index (χ3n) is 2.75. The second kappa shape index (κ2) is 5.87. The largest absolute Gasteiger partial charge is 0.490 e. The van der Waals surface area contributed by atoms with Gasteiger partial charge in [0.25, 0.3) is 0 Å². The SMILES string of the molecule is CCOc1cccnc1N(C)c1ccccc1C#N. The molecule has 0 saturated heterocycles. The van der Waals surface area contributed by atoms with E-state index in [2.05, 4.69) is 11.1 Å². The summed E-state index contributed by atoms with van der Waals surface area (Å²) >= 11 is 0. The molecule has 0 N–H and O–H groups in total. The number of pyridine rings is 1. The van der Waals surface area contributed by atoms with E-state index in [1.54, 1.807) is 12.3 Å². The fourth-order valence-electron chi connectivity index (χ4n) is 1.88. The zero-order valence-corrected chi connectivity index (χ0v) is 11.0. The molecule has 4 nitrogen and oxygen atoms in total. The topological polar surface area (TPSA) is 49.1 Å². The number of hydrogen-bond acceptors (Lipinski definition) is 4. The van der Waals surface area contributed by atoms with Crippen LogP contribution in [0.2, 0.25) is 0 Å². The summed E-state index contributed by atoms with van der Waals surface area (Å²) in [7, 11) is 1.88. The number of nitrogens with zero attached hydrogens (tertiary/aromatic N) is 3. The Kier molecular flexibility index (Phi) is 3.99. The van der Waals surface area contributed by atoms with Crippen LogP contribution in [0.1, 0.15) is 12.5 Å². The van der Waals surface area contributed by atoms with Crippen molar-refractivity contribution in [3.8, 4) is 11.8 Å². The van der Waals surface area contributed by atoms with Gasteiger partial charge in [-0.25, -0.2) is 4.98 Å². The standard InChI is InChI=1S/C15H15N3O/c1-3-19-14-9-6-10-17-15(14)18(2)13-8-5-4-7-12(13)11-16/h4-10H,3H2,1-2H3. The van der Waals surface area contributed by atoms with E-state index in [1.165, 1.54) is 0 Å². The first-order chi connectivity index (χ1) is 9.27. The summed E-state index contributed by atoms with van der Waals surface area (Å²) < 4.78 is 5.57. The third-order valence-corrected chi connectivity index (χ3v) is 2.75. The average molecular weight is 253 g/mol. The van der Waals surface area contributed by atoms with Crippen molar-refractivity contribution in [1.82, 2.24) is 4.98 Å². The van der Waals surface area contributed by atoms with E-state index in [1.807, 2.05) is 49.2 Å². The van der Waals surface area contributed by atoms with Crippen LogP contribution >= 0.6 is 0 Å². The second-order valence-corrected chi connectivity index (χ2v) is 3.95. The molecule has 96 valence electrons. The Morgan fingerprint density at radius 3 is 2.79 bits per heavy atom. The fourth-order valence-corrected chi connectivity index (χ4v) is 1.88. The van der Waals surface area contributed by atoms with E-state index < -0.39 is 0 Å². The van der Waals surface area contributed by atoms with E-state index in [9.17, 15) is 0 Å². The Morgan fingerprint density at radius 2 is 2.05 bits per heavy atom. The zero-order chi connectivity index (χ0) is 13.7. The minimum Gasteiger partial charge on any atom is -0.490 e. The lowest BCUT2D eigenvalue weighted by molar-refractivity contribution is 0.340. The Labute approximate surface area is 112 Å². The predicted molar refractivity (Wildman–Crippen MR) is 74.6 cm³/mol. The number of benzene rings is 1. The maximum Gasteiger partial charge on any atom is 0.175 e. The van der Waals surface area contributed by atoms with E-state index in [0.29, 0.717) is 23.7 Å². The first-order valence-electron chi connectivity index (χ1n) is 6.08. The molecule has 0 atom stereocenters. The summed E-state index contributed by atoms with van der Waals surface area (Å²) in [6.45, 7) is 2.51. The second-order valence-electron chi connectivity index (χ2n) is 3.95. The molecule has 1 aromatic heterocycles. The maximum absolute atomic E-state index is 9.16. The Bertz CT molecular complexity index is 604. The van der Waals surface area contributed by atoms with Crippen LogP contribution in [0.4, 0.5) is 11.5 Å². The lowest BCUT2D eigenvalue weighted by Gasteiger charge is -2.21. The van der Waals surface area contributed by atoms with Crippen LogP contribution < -0.4 is 9.64 Å². The van der Waals surface area contributed by atoms with Crippen LogP contribution in [0.25, 0.3) is 0 Å². The van der Waals surface area contributed by atoms with Gasteiger partial charge in [0.1, 0.15) is 6.07 Å². The Hall–Kier alpha value is -2.54. The highest BCUT2D eigenvalue weighted by Crippen LogP contribution is 2.31. The molecule has 2 aromatic rings. The van der Waals surface area contributed by atoms with Crippen LogP contribution in [0.15, 0.2) is 42.6 Å². The van der Waals surface area contributed by atoms with Crippen LogP contribution in [0.3, 0.4) is 0 Å². The van der Waals surface area contributed by atoms with Gasteiger partial charge in [0.2, 0.25) is 0 Å². The number of hydrogen-bond donors (Lipinski definition) is 0. The van der Waals surface area contributed by atoms with Gasteiger partial charge in [0.05, 0.1) is 17.9 Å². The minimum absolute atomic E-state index is 0.576. The monoisotopic (exact) mass is 253 g/mol. The first kappa shape index (κ1) is 12.9. The molecule has 0 amide bonds. The number of aromatic nitrogens is 1. The Balaban J connectivity index is 2.44. The van der Waals surface area contributed by atoms with Gasteiger partial charge in [-0.05, 0) is 31.2 Å². The van der Waals surface area contributed by atoms with E-state index in [4.69, 9.17) is 10.00 Å². The molecule has 0 bridgehead atoms. The normalized spacial score (nSPS) is 9.74. The van der Waals surface area contributed by atoms with E-state index in [0.717, 1.165) is 5.69 Å². The molecule has 1 heterocycles. The number of para-hydroxylation sites is 1. The van der Waals surface area contributed by atoms with Crippen molar-refractivity contribution in [3.05, 3.63) is 48.2 Å². The van der Waals surface area contributed by atoms with Gasteiger partial charge in [0, 0.05) is 13.2 Å². The van der Waals surface area contributed by atoms with Crippen LogP contribution in [-0.2, 0) is 0 Å². The van der Waals surface area contributed by atoms with E-state index >= 15 is 0 Å². The van der Waals surface area contributed by atoms with Crippen LogP contribution in [-0.4, -0.2) is 18.6 Å². The van der Waals surface area contributed by atoms with Gasteiger partial charge in [-0.2, -0.15) is 5.26 Å². The minimum atomic E-state index is 0.576. The van der Waals surface area contributed by atoms with Crippen molar-refractivity contribution in [2.75, 3.05) is 18.6 Å². The first-order valence-corrected chi connectivity index (χ1v) is 6.08. The van der Waals surface area contributed by atoms with Crippen molar-refractivity contribution < 1.29 is 4.74 Å². The quantitative estimate of drug-likeness (QED) is 0.840. The van der Waals surface area contributed by atoms with Crippen molar-refractivity contribution in [1.29, 1.82) is 5.26 Å². The molecule has 19 heavy (non-hydrogen) atoms. The van der Waals surface area contributed by atoms with Gasteiger partial charge >= 0.3 is 0 Å². The molecule has 0 radical (unpaired) electrons. The Morgan fingerprint density at radius 1 is 1.26 bits per heavy atom. The zero-order valence-electron chi connectivity index (χ0n) is 11.0. The number of nitriles is 1. The highest BCUT2D eigenvalue weighted by atomic mass is 16.5. The van der Waals surface area contributed by atoms with E-state index in [-0.39, 0.29) is 0 Å². The van der Waals surface area contributed by atoms with Gasteiger partial charge in [0.15, 0.2) is 11.6 Å². The molecule has 1 aromatic carbocycles. The van der Waals surface area contributed by atoms with Crippen molar-refractivity contribution in [3.63, 3.8) is 0 Å². The van der Waals surface area contributed by atoms with Crippen molar-refractivity contribution in [2.45, 2.75) is 6.92 Å². The molecule has 0 aliphatic rings. The summed E-state index contributed by atoms with van der Waals surface area (Å²) in [6, 6.07) is 13.3. The number of rotatable bonds is 4. The molecule has 0 aliphatic heterocycles. The van der Waals surface area contributed by atoms with Crippen molar-refractivity contribution in [2.24, 2.45) is 0 Å². The molecule has 0 saturated carbocycles. The molecule has 0 fully saturated rings. The smallest absolute Gasteiger partial charge is 0.175 e. The lowest BCUT2D eigenvalue weighted by Crippen LogP contribution is -2.14. The molecular formula is C15H15N3O. The van der Waals surface area contributed by atoms with Crippen LogP contribution in [0.5, 0.6) is 5.75 Å². The van der Waals surface area contributed by atoms with Gasteiger partial charge in [-0.15, -0.1) is 0 Å². The fraction of sp³-hybridized carbons (Fsp3) is 0.200. The third kappa shape index (κ3) is 2.66. The highest BCUT2D eigenvalue weighted by molar-refractivity contribution is 5.69. The average Bonchev–Trinajstić information content (AvgIpc) is 2.47.